The predicted octanol–water partition coefficient (Wildman–Crippen LogP) is 3.82. The van der Waals surface area contributed by atoms with Crippen LogP contribution in [-0.2, 0) is 0 Å². The van der Waals surface area contributed by atoms with Crippen LogP contribution in [0.2, 0.25) is 0 Å². The molecular formula is C14H18N2. The summed E-state index contributed by atoms with van der Waals surface area (Å²) >= 11 is 0. The number of hydrogen-bond donors (Lipinski definition) is 1. The van der Waals surface area contributed by atoms with Gasteiger partial charge in [0.1, 0.15) is 5.82 Å². The standard InChI is InChI=1S/C14H18N2/c1-9(2)12-5-7-13(8-6-12)14-10(3)15-11(4)16-14/h5-9H,1-4H3,(H,15,16). The topological polar surface area (TPSA) is 28.7 Å². The molecule has 0 amide bonds. The maximum absolute atomic E-state index is 4.50. The molecule has 0 spiro atoms. The molecule has 2 rings (SSSR count). The molecule has 84 valence electrons. The van der Waals surface area contributed by atoms with Crippen LogP contribution in [0.5, 0.6) is 0 Å². The molecule has 0 radical (unpaired) electrons. The number of aromatic amines is 1. The third-order valence-corrected chi connectivity index (χ3v) is 2.85. The summed E-state index contributed by atoms with van der Waals surface area (Å²) in [5.41, 5.74) is 4.75. The number of aromatic nitrogens is 2. The zero-order chi connectivity index (χ0) is 11.7. The van der Waals surface area contributed by atoms with Crippen molar-refractivity contribution in [3.63, 3.8) is 0 Å². The highest BCUT2D eigenvalue weighted by atomic mass is 14.9. The summed E-state index contributed by atoms with van der Waals surface area (Å²) in [6.45, 7) is 8.46. The summed E-state index contributed by atoms with van der Waals surface area (Å²) in [6.07, 6.45) is 0. The molecule has 0 aliphatic carbocycles. The number of benzene rings is 1. The van der Waals surface area contributed by atoms with Crippen molar-refractivity contribution in [3.05, 3.63) is 41.3 Å². The first-order valence-electron chi connectivity index (χ1n) is 5.71. The molecule has 2 nitrogen and oxygen atoms in total. The number of rotatable bonds is 2. The minimum atomic E-state index is 0.580. The summed E-state index contributed by atoms with van der Waals surface area (Å²) in [4.78, 5) is 7.73. The van der Waals surface area contributed by atoms with Crippen molar-refractivity contribution >= 4 is 0 Å². The predicted molar refractivity (Wildman–Crippen MR) is 67.6 cm³/mol. The largest absolute Gasteiger partial charge is 0.346 e. The molecule has 1 aromatic heterocycles. The van der Waals surface area contributed by atoms with Gasteiger partial charge in [-0.2, -0.15) is 0 Å². The average Bonchev–Trinajstić information content (AvgIpc) is 2.58. The average molecular weight is 214 g/mol. The first-order chi connectivity index (χ1) is 7.58. The molecule has 0 atom stereocenters. The summed E-state index contributed by atoms with van der Waals surface area (Å²) in [7, 11) is 0. The molecule has 1 heterocycles. The third-order valence-electron chi connectivity index (χ3n) is 2.85. The molecule has 0 saturated carbocycles. The van der Waals surface area contributed by atoms with Crippen LogP contribution in [0.25, 0.3) is 11.3 Å². The van der Waals surface area contributed by atoms with Crippen molar-refractivity contribution in [2.75, 3.05) is 0 Å². The summed E-state index contributed by atoms with van der Waals surface area (Å²) in [5.74, 6) is 1.55. The van der Waals surface area contributed by atoms with E-state index in [-0.39, 0.29) is 0 Å². The molecule has 2 aromatic rings. The number of H-pyrrole nitrogens is 1. The normalized spacial score (nSPS) is 11.1. The van der Waals surface area contributed by atoms with Crippen molar-refractivity contribution in [2.24, 2.45) is 0 Å². The van der Waals surface area contributed by atoms with Gasteiger partial charge in [0.2, 0.25) is 0 Å². The van der Waals surface area contributed by atoms with Crippen LogP contribution in [0.3, 0.4) is 0 Å². The Morgan fingerprint density at radius 3 is 2.12 bits per heavy atom. The number of nitrogens with one attached hydrogen (secondary N) is 1. The highest BCUT2D eigenvalue weighted by molar-refractivity contribution is 5.62. The number of hydrogen-bond acceptors (Lipinski definition) is 1. The van der Waals surface area contributed by atoms with Gasteiger partial charge >= 0.3 is 0 Å². The zero-order valence-electron chi connectivity index (χ0n) is 10.3. The number of aryl methyl sites for hydroxylation is 2. The Morgan fingerprint density at radius 1 is 1.06 bits per heavy atom. The number of imidazole rings is 1. The molecule has 0 unspecified atom stereocenters. The monoisotopic (exact) mass is 214 g/mol. The first-order valence-corrected chi connectivity index (χ1v) is 5.71. The lowest BCUT2D eigenvalue weighted by Gasteiger charge is -2.05. The Labute approximate surface area is 96.7 Å². The van der Waals surface area contributed by atoms with Gasteiger partial charge in [0.25, 0.3) is 0 Å². The van der Waals surface area contributed by atoms with Crippen molar-refractivity contribution in [1.82, 2.24) is 9.97 Å². The molecule has 0 saturated heterocycles. The van der Waals surface area contributed by atoms with Gasteiger partial charge in [-0.1, -0.05) is 38.1 Å². The van der Waals surface area contributed by atoms with Gasteiger partial charge in [0, 0.05) is 11.3 Å². The van der Waals surface area contributed by atoms with Gasteiger partial charge in [-0.3, -0.25) is 0 Å². The van der Waals surface area contributed by atoms with Crippen LogP contribution in [-0.4, -0.2) is 9.97 Å². The quantitative estimate of drug-likeness (QED) is 0.809. The second-order valence-electron chi connectivity index (χ2n) is 4.57. The smallest absolute Gasteiger partial charge is 0.103 e. The second kappa shape index (κ2) is 4.12. The van der Waals surface area contributed by atoms with E-state index in [1.807, 2.05) is 6.92 Å². The van der Waals surface area contributed by atoms with Crippen LogP contribution in [0.4, 0.5) is 0 Å². The van der Waals surface area contributed by atoms with Crippen molar-refractivity contribution in [1.29, 1.82) is 0 Å². The van der Waals surface area contributed by atoms with E-state index < -0.39 is 0 Å². The molecule has 0 aliphatic heterocycles. The second-order valence-corrected chi connectivity index (χ2v) is 4.57. The van der Waals surface area contributed by atoms with Gasteiger partial charge in [0.05, 0.1) is 5.69 Å². The molecule has 0 fully saturated rings. The van der Waals surface area contributed by atoms with Gasteiger partial charge in [0.15, 0.2) is 0 Å². The van der Waals surface area contributed by atoms with Crippen LogP contribution < -0.4 is 0 Å². The number of nitrogens with zero attached hydrogens (tertiary/aromatic N) is 1. The van der Waals surface area contributed by atoms with Crippen LogP contribution in [0, 0.1) is 13.8 Å². The maximum atomic E-state index is 4.50. The van der Waals surface area contributed by atoms with Crippen LogP contribution in [0.15, 0.2) is 24.3 Å². The zero-order valence-corrected chi connectivity index (χ0v) is 10.3. The van der Waals surface area contributed by atoms with Gasteiger partial charge < -0.3 is 4.98 Å². The molecule has 16 heavy (non-hydrogen) atoms. The maximum Gasteiger partial charge on any atom is 0.103 e. The first kappa shape index (κ1) is 10.9. The molecule has 0 aliphatic rings. The molecule has 1 N–H and O–H groups in total. The van der Waals surface area contributed by atoms with E-state index in [4.69, 9.17) is 0 Å². The van der Waals surface area contributed by atoms with E-state index in [1.54, 1.807) is 0 Å². The lowest BCUT2D eigenvalue weighted by molar-refractivity contribution is 0.867. The fourth-order valence-electron chi connectivity index (χ4n) is 1.92. The highest BCUT2D eigenvalue weighted by Crippen LogP contribution is 2.23. The van der Waals surface area contributed by atoms with Gasteiger partial charge in [-0.05, 0) is 25.3 Å². The van der Waals surface area contributed by atoms with E-state index >= 15 is 0 Å². The van der Waals surface area contributed by atoms with E-state index in [0.717, 1.165) is 17.2 Å². The summed E-state index contributed by atoms with van der Waals surface area (Å²) in [5, 5.41) is 0. The summed E-state index contributed by atoms with van der Waals surface area (Å²) in [6, 6.07) is 8.67. The Bertz CT molecular complexity index is 478. The molecular weight excluding hydrogens is 196 g/mol. The van der Waals surface area contributed by atoms with Crippen LogP contribution in [0.1, 0.15) is 36.8 Å². The van der Waals surface area contributed by atoms with Gasteiger partial charge in [-0.25, -0.2) is 4.98 Å². The van der Waals surface area contributed by atoms with E-state index in [0.29, 0.717) is 5.92 Å². The van der Waals surface area contributed by atoms with Crippen molar-refractivity contribution in [3.8, 4) is 11.3 Å². The fraction of sp³-hybridized carbons (Fsp3) is 0.357. The third kappa shape index (κ3) is 2.01. The van der Waals surface area contributed by atoms with E-state index in [2.05, 4.69) is 55.0 Å². The minimum Gasteiger partial charge on any atom is -0.346 e. The van der Waals surface area contributed by atoms with Crippen LogP contribution >= 0.6 is 0 Å². The molecule has 0 bridgehead atoms. The van der Waals surface area contributed by atoms with E-state index in [1.165, 1.54) is 11.1 Å². The Kier molecular flexibility index (Phi) is 2.82. The Hall–Kier alpha value is -1.57. The SMILES string of the molecule is Cc1nc(-c2ccc(C(C)C)cc2)c(C)[nH]1. The van der Waals surface area contributed by atoms with Gasteiger partial charge in [-0.15, -0.1) is 0 Å². The molecule has 1 aromatic carbocycles. The minimum absolute atomic E-state index is 0.580. The van der Waals surface area contributed by atoms with E-state index in [9.17, 15) is 0 Å². The van der Waals surface area contributed by atoms with Crippen molar-refractivity contribution < 1.29 is 0 Å². The lowest BCUT2D eigenvalue weighted by atomic mass is 10.0. The summed E-state index contributed by atoms with van der Waals surface area (Å²) < 4.78 is 0. The lowest BCUT2D eigenvalue weighted by Crippen LogP contribution is -1.87. The Balaban J connectivity index is 2.38. The van der Waals surface area contributed by atoms with Crippen molar-refractivity contribution in [2.45, 2.75) is 33.6 Å². The highest BCUT2D eigenvalue weighted by Gasteiger charge is 2.07. The fourth-order valence-corrected chi connectivity index (χ4v) is 1.92. The molecule has 2 heteroatoms. The Morgan fingerprint density at radius 2 is 1.69 bits per heavy atom.